The van der Waals surface area contributed by atoms with E-state index in [1.807, 2.05) is 37.5 Å². The topological polar surface area (TPSA) is 86.4 Å². The second-order valence-electron chi connectivity index (χ2n) is 7.29. The first kappa shape index (κ1) is 24.4. The van der Waals surface area contributed by atoms with Crippen molar-refractivity contribution in [2.24, 2.45) is 4.99 Å². The number of aryl methyl sites for hydroxylation is 2. The van der Waals surface area contributed by atoms with Gasteiger partial charge in [-0.3, -0.25) is 0 Å². The van der Waals surface area contributed by atoms with Crippen LogP contribution in [0.25, 0.3) is 5.00 Å². The van der Waals surface area contributed by atoms with Crippen LogP contribution >= 0.6 is 34.5 Å². The summed E-state index contributed by atoms with van der Waals surface area (Å²) >= 11 is 12.0. The molecule has 12 heteroatoms. The third-order valence-electron chi connectivity index (χ3n) is 5.29. The van der Waals surface area contributed by atoms with Crippen molar-refractivity contribution in [2.75, 3.05) is 5.88 Å². The first-order valence-corrected chi connectivity index (χ1v) is 13.8. The average Bonchev–Trinajstić information content (AvgIpc) is 3.27. The Hall–Kier alpha value is -1.76. The van der Waals surface area contributed by atoms with Gasteiger partial charge in [-0.25, -0.2) is 0 Å². The molecule has 0 amide bonds. The number of hydrogen-bond donors (Lipinski definition) is 0. The molecule has 0 N–H and O–H groups in total. The van der Waals surface area contributed by atoms with E-state index in [-0.39, 0.29) is 3.79 Å². The molecule has 3 heterocycles. The maximum absolute atomic E-state index is 12.9. The summed E-state index contributed by atoms with van der Waals surface area (Å²) in [7, 11) is 0. The van der Waals surface area contributed by atoms with Crippen molar-refractivity contribution in [3.05, 3.63) is 62.5 Å². The van der Waals surface area contributed by atoms with Gasteiger partial charge in [0.05, 0.1) is 0 Å². The number of nitrogens with zero attached hydrogens (tertiary/aromatic N) is 4. The van der Waals surface area contributed by atoms with Crippen LogP contribution in [0.4, 0.5) is 0 Å². The predicted octanol–water partition coefficient (Wildman–Crippen LogP) is 0.649. The van der Waals surface area contributed by atoms with Gasteiger partial charge in [-0.2, -0.15) is 0 Å². The molecule has 3 aromatic rings. The summed E-state index contributed by atoms with van der Waals surface area (Å²) in [5.41, 5.74) is 9.17. The van der Waals surface area contributed by atoms with Crippen molar-refractivity contribution >= 4 is 55.7 Å². The molecule has 2 atom stereocenters. The van der Waals surface area contributed by atoms with E-state index < -0.39 is 45.0 Å². The summed E-state index contributed by atoms with van der Waals surface area (Å²) in [4.78, 5) is 31.1. The van der Waals surface area contributed by atoms with Crippen molar-refractivity contribution in [3.63, 3.8) is 0 Å². The van der Waals surface area contributed by atoms with E-state index in [2.05, 4.69) is 10.2 Å². The fourth-order valence-electron chi connectivity index (χ4n) is 3.63. The van der Waals surface area contributed by atoms with Gasteiger partial charge in [0.1, 0.15) is 0 Å². The number of aliphatic imine (C=N–C) groups is 1. The second-order valence-corrected chi connectivity index (χ2v) is 10.9. The zero-order chi connectivity index (χ0) is 23.9. The number of alkyl halides is 1. The van der Waals surface area contributed by atoms with E-state index in [0.717, 1.165) is 26.6 Å². The number of ether oxygens (including phenoxy) is 1. The molecule has 2 radical (unpaired) electrons. The Labute approximate surface area is 216 Å². The molecular formula is C21H17BCl2IN4O3S-. The fourth-order valence-corrected chi connectivity index (χ4v) is 5.85. The van der Waals surface area contributed by atoms with E-state index in [1.54, 1.807) is 23.5 Å². The summed E-state index contributed by atoms with van der Waals surface area (Å²) < 4.78 is 6.96. The van der Waals surface area contributed by atoms with Crippen LogP contribution in [0.3, 0.4) is 0 Å². The number of hydrogen-bond acceptors (Lipinski definition) is 7. The second kappa shape index (κ2) is 9.85. The molecule has 2 aromatic heterocycles. The summed E-state index contributed by atoms with van der Waals surface area (Å²) in [5, 5.41) is 10.0. The van der Waals surface area contributed by atoms with E-state index in [1.165, 1.54) is 0 Å². The minimum absolute atomic E-state index is 0.387. The van der Waals surface area contributed by atoms with E-state index >= 15 is 0 Å². The number of halogens is 3. The van der Waals surface area contributed by atoms with Crippen molar-refractivity contribution < 1.29 is 35.3 Å². The number of esters is 1. The zero-order valence-electron chi connectivity index (χ0n) is 17.8. The van der Waals surface area contributed by atoms with Crippen molar-refractivity contribution in [1.82, 2.24) is 14.8 Å². The van der Waals surface area contributed by atoms with Crippen LogP contribution in [-0.4, -0.2) is 47.9 Å². The first-order chi connectivity index (χ1) is 15.8. The molecule has 170 valence electrons. The molecule has 0 fully saturated rings. The van der Waals surface area contributed by atoms with Crippen molar-refractivity contribution in [3.8, 4) is 5.00 Å². The standard InChI is InChI=1S/C21H17BCl2IN4O3S/c1-9-10(2)33-21-15(9)16(12-4-6-13(24)7-5-12)26-17(20-28-27-11(3)29(20)21)18(19(31)25-22)32-14(30)8-23/h4-7,17-18H,8H2,1-3H3/q-1. The van der Waals surface area contributed by atoms with Crippen LogP contribution < -0.4 is 21.0 Å². The number of rotatable bonds is 6. The van der Waals surface area contributed by atoms with Gasteiger partial charge in [0.25, 0.3) is 0 Å². The molecule has 0 saturated carbocycles. The van der Waals surface area contributed by atoms with Crippen LogP contribution in [-0.2, 0) is 14.3 Å². The summed E-state index contributed by atoms with van der Waals surface area (Å²) in [6, 6.07) is 6.34. The Kier molecular flexibility index (Phi) is 7.27. The Morgan fingerprint density at radius 1 is 1.24 bits per heavy atom. The van der Waals surface area contributed by atoms with E-state index in [0.29, 0.717) is 22.4 Å². The van der Waals surface area contributed by atoms with Gasteiger partial charge in [-0.1, -0.05) is 0 Å². The summed E-state index contributed by atoms with van der Waals surface area (Å²) in [6.07, 6.45) is -1.26. The molecule has 1 aliphatic rings. The van der Waals surface area contributed by atoms with Crippen LogP contribution in [0.15, 0.2) is 29.3 Å². The molecule has 1 aliphatic heterocycles. The Morgan fingerprint density at radius 2 is 1.94 bits per heavy atom. The minimum atomic E-state index is -1.39. The first-order valence-electron chi connectivity index (χ1n) is 9.76. The van der Waals surface area contributed by atoms with Crippen molar-refractivity contribution in [2.45, 2.75) is 32.9 Å². The quantitative estimate of drug-likeness (QED) is 0.134. The van der Waals surface area contributed by atoms with Gasteiger partial charge >= 0.3 is 217 Å². The van der Waals surface area contributed by atoms with Crippen LogP contribution in [0.1, 0.15) is 39.3 Å². The van der Waals surface area contributed by atoms with Gasteiger partial charge < -0.3 is 0 Å². The van der Waals surface area contributed by atoms with Crippen molar-refractivity contribution in [1.29, 1.82) is 0 Å². The Bertz CT molecular complexity index is 1280. The monoisotopic (exact) mass is 613 g/mol. The molecule has 33 heavy (non-hydrogen) atoms. The summed E-state index contributed by atoms with van der Waals surface area (Å²) in [6.45, 7) is 5.89. The molecule has 0 saturated heterocycles. The fraction of sp³-hybridized carbons (Fsp3) is 0.286. The number of thiophene rings is 1. The molecular weight excluding hydrogens is 597 g/mol. The summed E-state index contributed by atoms with van der Waals surface area (Å²) in [5.74, 6) is -0.103. The van der Waals surface area contributed by atoms with Gasteiger partial charge in [0, 0.05) is 0 Å². The SMILES string of the molecule is [B][I-]C(=O)C(OC(=O)CCl)C1N=C(c2ccc(Cl)cc2)c2c(sc(C)c2C)-n2c(C)nnc21. The van der Waals surface area contributed by atoms with Crippen LogP contribution in [0.5, 0.6) is 0 Å². The number of fused-ring (bicyclic) bond motifs is 3. The van der Waals surface area contributed by atoms with Gasteiger partial charge in [0.15, 0.2) is 0 Å². The average molecular weight is 614 g/mol. The van der Waals surface area contributed by atoms with E-state index in [4.69, 9.17) is 38.6 Å². The van der Waals surface area contributed by atoms with E-state index in [9.17, 15) is 9.59 Å². The van der Waals surface area contributed by atoms with Crippen LogP contribution in [0, 0.1) is 20.8 Å². The molecule has 2 unspecified atom stereocenters. The number of aromatic nitrogens is 3. The number of carbonyl (C=O) groups is 2. The Balaban J connectivity index is 2.02. The molecule has 4 rings (SSSR count). The number of benzene rings is 1. The predicted molar refractivity (Wildman–Crippen MR) is 125 cm³/mol. The van der Waals surface area contributed by atoms with Gasteiger partial charge in [0.2, 0.25) is 0 Å². The molecule has 1 aromatic carbocycles. The number of carbonyl (C=O) groups excluding carboxylic acids is 2. The molecule has 7 nitrogen and oxygen atoms in total. The van der Waals surface area contributed by atoms with Gasteiger partial charge in [-0.15, -0.1) is 0 Å². The maximum atomic E-state index is 12.9. The molecule has 0 spiro atoms. The normalized spacial score (nSPS) is 15.9. The molecule has 0 aliphatic carbocycles. The molecule has 0 bridgehead atoms. The third kappa shape index (κ3) is 4.50. The van der Waals surface area contributed by atoms with Crippen LogP contribution in [0.2, 0.25) is 5.02 Å². The van der Waals surface area contributed by atoms with Gasteiger partial charge in [-0.05, 0) is 0 Å². The Morgan fingerprint density at radius 3 is 2.58 bits per heavy atom. The third-order valence-corrected chi connectivity index (χ3v) is 8.18. The zero-order valence-corrected chi connectivity index (χ0v) is 22.3.